The first-order valence-corrected chi connectivity index (χ1v) is 10.5. The van der Waals surface area contributed by atoms with Gasteiger partial charge in [-0.1, -0.05) is 30.3 Å². The second-order valence-electron chi connectivity index (χ2n) is 7.14. The average molecular weight is 421 g/mol. The van der Waals surface area contributed by atoms with E-state index in [9.17, 15) is 9.59 Å². The molecule has 5 rings (SSSR count). The molecule has 30 heavy (non-hydrogen) atoms. The molecule has 2 aromatic carbocycles. The van der Waals surface area contributed by atoms with Crippen molar-refractivity contribution in [3.63, 3.8) is 0 Å². The Kier molecular flexibility index (Phi) is 4.84. The molecule has 2 heterocycles. The minimum absolute atomic E-state index is 0.0310. The van der Waals surface area contributed by atoms with Crippen LogP contribution in [0.25, 0.3) is 0 Å². The standard InChI is InChI=1S/C22H19N3O4S/c26-20(14-6-8-16-17(10-14)29-12-28-16)25-22-24-19-15(7-9-18(19)30-22)21(27)23-11-13-4-2-1-3-5-13/h1-6,8,10,15H,7,9,11-12H2,(H,23,27)(H,24,25,26). The summed E-state index contributed by atoms with van der Waals surface area (Å²) < 4.78 is 10.6. The van der Waals surface area contributed by atoms with Crippen molar-refractivity contribution in [3.05, 3.63) is 70.2 Å². The maximum atomic E-state index is 12.7. The van der Waals surface area contributed by atoms with E-state index in [0.29, 0.717) is 28.7 Å². The van der Waals surface area contributed by atoms with Gasteiger partial charge < -0.3 is 14.8 Å². The van der Waals surface area contributed by atoms with Crippen LogP contribution in [0.4, 0.5) is 5.13 Å². The number of hydrogen-bond donors (Lipinski definition) is 2. The maximum absolute atomic E-state index is 12.7. The van der Waals surface area contributed by atoms with Crippen LogP contribution in [0.5, 0.6) is 11.5 Å². The number of nitrogens with zero attached hydrogens (tertiary/aromatic N) is 1. The predicted molar refractivity (Wildman–Crippen MR) is 112 cm³/mol. The van der Waals surface area contributed by atoms with E-state index in [1.54, 1.807) is 18.2 Å². The minimum atomic E-state index is -0.281. The first-order valence-electron chi connectivity index (χ1n) is 9.69. The lowest BCUT2D eigenvalue weighted by Gasteiger charge is -2.11. The Morgan fingerprint density at radius 3 is 2.80 bits per heavy atom. The minimum Gasteiger partial charge on any atom is -0.454 e. The Morgan fingerprint density at radius 2 is 1.93 bits per heavy atom. The van der Waals surface area contributed by atoms with Crippen LogP contribution in [0.3, 0.4) is 0 Å². The summed E-state index contributed by atoms with van der Waals surface area (Å²) in [5.74, 6) is 0.599. The summed E-state index contributed by atoms with van der Waals surface area (Å²) in [6.07, 6.45) is 1.53. The van der Waals surface area contributed by atoms with Crippen molar-refractivity contribution in [1.82, 2.24) is 10.3 Å². The quantitative estimate of drug-likeness (QED) is 0.659. The number of aryl methyl sites for hydroxylation is 1. The van der Waals surface area contributed by atoms with Crippen molar-refractivity contribution in [2.75, 3.05) is 12.1 Å². The number of rotatable bonds is 5. The van der Waals surface area contributed by atoms with Crippen molar-refractivity contribution in [2.45, 2.75) is 25.3 Å². The molecule has 1 aliphatic heterocycles. The molecule has 0 fully saturated rings. The molecule has 0 saturated heterocycles. The fraction of sp³-hybridized carbons (Fsp3) is 0.227. The highest BCUT2D eigenvalue weighted by Gasteiger charge is 2.32. The number of nitrogens with one attached hydrogen (secondary N) is 2. The molecule has 152 valence electrons. The van der Waals surface area contributed by atoms with E-state index in [2.05, 4.69) is 15.6 Å². The molecule has 3 aromatic rings. The van der Waals surface area contributed by atoms with E-state index >= 15 is 0 Å². The predicted octanol–water partition coefficient (Wildman–Crippen LogP) is 3.47. The number of carbonyl (C=O) groups is 2. The first kappa shape index (κ1) is 18.6. The van der Waals surface area contributed by atoms with Crippen LogP contribution >= 0.6 is 11.3 Å². The van der Waals surface area contributed by atoms with Crippen molar-refractivity contribution in [3.8, 4) is 11.5 Å². The molecule has 0 radical (unpaired) electrons. The molecule has 2 amide bonds. The van der Waals surface area contributed by atoms with E-state index in [4.69, 9.17) is 9.47 Å². The van der Waals surface area contributed by atoms with Gasteiger partial charge in [0.05, 0.1) is 11.6 Å². The summed E-state index contributed by atoms with van der Waals surface area (Å²) >= 11 is 1.43. The van der Waals surface area contributed by atoms with Crippen LogP contribution in [0.2, 0.25) is 0 Å². The number of thiazole rings is 1. The number of ether oxygens (including phenoxy) is 2. The molecular weight excluding hydrogens is 402 g/mol. The molecule has 0 saturated carbocycles. The molecule has 2 aliphatic rings. The van der Waals surface area contributed by atoms with Crippen LogP contribution in [-0.4, -0.2) is 23.6 Å². The van der Waals surface area contributed by atoms with Gasteiger partial charge in [0.25, 0.3) is 5.91 Å². The first-order chi connectivity index (χ1) is 14.7. The van der Waals surface area contributed by atoms with E-state index in [-0.39, 0.29) is 24.5 Å². The number of amides is 2. The van der Waals surface area contributed by atoms with Crippen molar-refractivity contribution < 1.29 is 19.1 Å². The fourth-order valence-electron chi connectivity index (χ4n) is 3.65. The van der Waals surface area contributed by atoms with Crippen molar-refractivity contribution in [2.24, 2.45) is 0 Å². The summed E-state index contributed by atoms with van der Waals surface area (Å²) in [5, 5.41) is 6.33. The lowest BCUT2D eigenvalue weighted by molar-refractivity contribution is -0.122. The number of aromatic nitrogens is 1. The third kappa shape index (κ3) is 3.61. The Labute approximate surface area is 177 Å². The topological polar surface area (TPSA) is 89.6 Å². The Morgan fingerprint density at radius 1 is 1.10 bits per heavy atom. The van der Waals surface area contributed by atoms with Gasteiger partial charge in [-0.3, -0.25) is 14.9 Å². The smallest absolute Gasteiger partial charge is 0.257 e. The third-order valence-electron chi connectivity index (χ3n) is 5.20. The molecule has 1 aromatic heterocycles. The number of benzene rings is 2. The van der Waals surface area contributed by atoms with Gasteiger partial charge in [0, 0.05) is 17.0 Å². The lowest BCUT2D eigenvalue weighted by atomic mass is 10.1. The van der Waals surface area contributed by atoms with Crippen LogP contribution in [-0.2, 0) is 17.8 Å². The number of hydrogen-bond acceptors (Lipinski definition) is 6. The van der Waals surface area contributed by atoms with E-state index < -0.39 is 0 Å². The Balaban J connectivity index is 1.25. The zero-order valence-corrected chi connectivity index (χ0v) is 16.8. The second kappa shape index (κ2) is 7.79. The molecular formula is C22H19N3O4S. The van der Waals surface area contributed by atoms with Crippen molar-refractivity contribution in [1.29, 1.82) is 0 Å². The number of anilines is 1. The Bertz CT molecular complexity index is 1110. The normalized spacial score (nSPS) is 16.2. The monoisotopic (exact) mass is 421 g/mol. The van der Waals surface area contributed by atoms with Crippen LogP contribution in [0.15, 0.2) is 48.5 Å². The maximum Gasteiger partial charge on any atom is 0.257 e. The highest BCUT2D eigenvalue weighted by Crippen LogP contribution is 2.39. The number of fused-ring (bicyclic) bond motifs is 2. The summed E-state index contributed by atoms with van der Waals surface area (Å²) in [7, 11) is 0. The summed E-state index contributed by atoms with van der Waals surface area (Å²) in [4.78, 5) is 30.9. The van der Waals surface area contributed by atoms with Gasteiger partial charge in [0.1, 0.15) is 0 Å². The molecule has 8 heteroatoms. The summed E-state index contributed by atoms with van der Waals surface area (Å²) in [6, 6.07) is 14.9. The van der Waals surface area contributed by atoms with E-state index in [1.165, 1.54) is 11.3 Å². The average Bonchev–Trinajstić information content (AvgIpc) is 3.47. The molecule has 1 atom stereocenters. The number of carbonyl (C=O) groups excluding carboxylic acids is 2. The largest absolute Gasteiger partial charge is 0.454 e. The third-order valence-corrected chi connectivity index (χ3v) is 6.25. The van der Waals surface area contributed by atoms with Gasteiger partial charge in [0.2, 0.25) is 12.7 Å². The van der Waals surface area contributed by atoms with Gasteiger partial charge in [-0.15, -0.1) is 11.3 Å². The summed E-state index contributed by atoms with van der Waals surface area (Å²) in [5.41, 5.74) is 2.29. The van der Waals surface area contributed by atoms with Gasteiger partial charge in [-0.2, -0.15) is 0 Å². The molecule has 0 bridgehead atoms. The van der Waals surface area contributed by atoms with Crippen molar-refractivity contribution >= 4 is 28.3 Å². The van der Waals surface area contributed by atoms with Crippen LogP contribution < -0.4 is 20.1 Å². The highest BCUT2D eigenvalue weighted by atomic mass is 32.1. The summed E-state index contributed by atoms with van der Waals surface area (Å²) in [6.45, 7) is 0.649. The second-order valence-corrected chi connectivity index (χ2v) is 8.23. The van der Waals surface area contributed by atoms with E-state index in [1.807, 2.05) is 30.3 Å². The zero-order chi connectivity index (χ0) is 20.5. The van der Waals surface area contributed by atoms with Crippen LogP contribution in [0, 0.1) is 0 Å². The molecule has 1 aliphatic carbocycles. The molecule has 2 N–H and O–H groups in total. The van der Waals surface area contributed by atoms with Gasteiger partial charge in [0.15, 0.2) is 16.6 Å². The Hall–Kier alpha value is -3.39. The van der Waals surface area contributed by atoms with E-state index in [0.717, 1.165) is 29.0 Å². The van der Waals surface area contributed by atoms with Crippen LogP contribution in [0.1, 0.15) is 38.8 Å². The van der Waals surface area contributed by atoms with Gasteiger partial charge in [-0.25, -0.2) is 4.98 Å². The molecule has 1 unspecified atom stereocenters. The van der Waals surface area contributed by atoms with Gasteiger partial charge in [-0.05, 0) is 36.6 Å². The van der Waals surface area contributed by atoms with Gasteiger partial charge >= 0.3 is 0 Å². The SMILES string of the molecule is O=C(Nc1nc2c(s1)CCC2C(=O)NCc1ccccc1)c1ccc2c(c1)OCO2. The zero-order valence-electron chi connectivity index (χ0n) is 16.0. The lowest BCUT2D eigenvalue weighted by Crippen LogP contribution is -2.28. The molecule has 0 spiro atoms. The highest BCUT2D eigenvalue weighted by molar-refractivity contribution is 7.16. The fourth-order valence-corrected chi connectivity index (χ4v) is 4.68. The molecule has 7 nitrogen and oxygen atoms in total.